The number of hydrogen-bond acceptors (Lipinski definition) is 7. The molecule has 10 heteroatoms. The number of para-hydroxylation sites is 4. The molecule has 4 rings (SSSR count). The van der Waals surface area contributed by atoms with Crippen molar-refractivity contribution in [2.45, 2.75) is 31.8 Å². The fourth-order valence-corrected chi connectivity index (χ4v) is 5.23. The first-order valence-electron chi connectivity index (χ1n) is 12.2. The van der Waals surface area contributed by atoms with E-state index in [9.17, 15) is 19.5 Å². The van der Waals surface area contributed by atoms with Gasteiger partial charge in [-0.25, -0.2) is 0 Å². The minimum absolute atomic E-state index is 0.378. The number of benzene rings is 2. The van der Waals surface area contributed by atoms with E-state index in [1.807, 2.05) is 0 Å². The van der Waals surface area contributed by atoms with E-state index in [-0.39, 0.29) is 6.42 Å². The topological polar surface area (TPSA) is 132 Å². The van der Waals surface area contributed by atoms with Gasteiger partial charge in [0.1, 0.15) is 23.2 Å². The number of rotatable bonds is 7. The molecule has 0 bridgehead atoms. The van der Waals surface area contributed by atoms with Crippen molar-refractivity contribution >= 4 is 29.0 Å². The first kappa shape index (κ1) is 26.9. The normalized spacial score (nSPS) is 23.0. The molecule has 0 aliphatic heterocycles. The Hall–Kier alpha value is -4.18. The summed E-state index contributed by atoms with van der Waals surface area (Å²) in [5.74, 6) is -4.18. The highest BCUT2D eigenvalue weighted by Gasteiger charge is 2.56. The average molecular weight is 521 g/mol. The molecule has 1 aliphatic carbocycles. The summed E-state index contributed by atoms with van der Waals surface area (Å²) in [4.78, 5) is 41.1. The van der Waals surface area contributed by atoms with Crippen molar-refractivity contribution in [3.05, 3.63) is 66.0 Å². The van der Waals surface area contributed by atoms with Crippen LogP contribution < -0.4 is 20.1 Å². The number of nitrogens with one attached hydrogen (secondary N) is 2. The van der Waals surface area contributed by atoms with Gasteiger partial charge in [-0.3, -0.25) is 19.1 Å². The van der Waals surface area contributed by atoms with E-state index in [1.165, 1.54) is 21.1 Å². The number of carbonyl (C=O) groups excluding carboxylic acids is 3. The molecule has 4 atom stereocenters. The third-order valence-corrected chi connectivity index (χ3v) is 7.19. The van der Waals surface area contributed by atoms with E-state index in [2.05, 4.69) is 15.7 Å². The molecule has 3 N–H and O–H groups in total. The number of hydrogen-bond donors (Lipinski definition) is 3. The Balaban J connectivity index is 1.80. The second-order valence-electron chi connectivity index (χ2n) is 9.67. The molecule has 1 heterocycles. The van der Waals surface area contributed by atoms with Crippen LogP contribution in [0.4, 0.5) is 11.4 Å². The smallest absolute Gasteiger partial charge is 0.235 e. The van der Waals surface area contributed by atoms with Crippen LogP contribution >= 0.6 is 0 Å². The van der Waals surface area contributed by atoms with E-state index in [0.717, 1.165) is 0 Å². The van der Waals surface area contributed by atoms with Gasteiger partial charge in [-0.05, 0) is 43.7 Å². The molecule has 1 aromatic heterocycles. The number of aryl methyl sites for hydroxylation is 1. The fraction of sp³-hybridized carbons (Fsp3) is 0.357. The zero-order chi connectivity index (χ0) is 27.6. The minimum Gasteiger partial charge on any atom is -0.495 e. The minimum atomic E-state index is -1.74. The molecule has 200 valence electrons. The largest absolute Gasteiger partial charge is 0.495 e. The van der Waals surface area contributed by atoms with E-state index in [0.29, 0.717) is 34.1 Å². The third-order valence-electron chi connectivity index (χ3n) is 7.19. The van der Waals surface area contributed by atoms with Crippen molar-refractivity contribution in [2.75, 3.05) is 24.9 Å². The summed E-state index contributed by atoms with van der Waals surface area (Å²) in [6.45, 7) is 3.24. The highest BCUT2D eigenvalue weighted by atomic mass is 16.5. The molecule has 2 amide bonds. The SMILES string of the molecule is COc1ccccc1NC(=O)[C@@H]1C(=O)C[C@@](C)(O)[C@H](C(=O)Nc2ccccc2OC)[C@H]1c1cnn(C)c1C. The number of anilines is 2. The quantitative estimate of drug-likeness (QED) is 0.408. The van der Waals surface area contributed by atoms with Crippen molar-refractivity contribution in [1.82, 2.24) is 9.78 Å². The first-order chi connectivity index (χ1) is 18.1. The standard InChI is InChI=1S/C28H32N4O6/c1-16-17(15-29-32(16)3)23-24(26(34)30-18-10-6-8-12-21(18)37-4)20(33)14-28(2,36)25(23)27(35)31-19-11-7-9-13-22(19)38-5/h6-13,15,23-25,36H,14H2,1-5H3,(H,30,34)(H,31,35)/t23-,24+,25-,28+/m0/s1. The number of nitrogens with zero attached hydrogens (tertiary/aromatic N) is 2. The number of carbonyl (C=O) groups is 3. The molecule has 0 spiro atoms. The van der Waals surface area contributed by atoms with Crippen LogP contribution in [-0.2, 0) is 21.4 Å². The number of aliphatic hydroxyl groups is 1. The molecule has 1 saturated carbocycles. The predicted octanol–water partition coefficient (Wildman–Crippen LogP) is 3.06. The zero-order valence-electron chi connectivity index (χ0n) is 22.0. The Morgan fingerprint density at radius 2 is 1.53 bits per heavy atom. The van der Waals surface area contributed by atoms with Crippen LogP contribution in [0.1, 0.15) is 30.5 Å². The van der Waals surface area contributed by atoms with E-state index >= 15 is 0 Å². The summed E-state index contributed by atoms with van der Waals surface area (Å²) in [5.41, 5.74) is 0.259. The Morgan fingerprint density at radius 1 is 1.00 bits per heavy atom. The number of Topliss-reactive ketones (excluding diaryl/α,β-unsaturated/α-hetero) is 1. The van der Waals surface area contributed by atoms with E-state index in [1.54, 1.807) is 73.4 Å². The predicted molar refractivity (Wildman–Crippen MR) is 141 cm³/mol. The van der Waals surface area contributed by atoms with Gasteiger partial charge in [-0.2, -0.15) is 5.10 Å². The Bertz CT molecular complexity index is 1360. The Labute approximate surface area is 220 Å². The van der Waals surface area contributed by atoms with Crippen LogP contribution in [0, 0.1) is 18.8 Å². The van der Waals surface area contributed by atoms with E-state index < -0.39 is 41.0 Å². The first-order valence-corrected chi connectivity index (χ1v) is 12.2. The second kappa shape index (κ2) is 10.7. The third kappa shape index (κ3) is 4.99. The van der Waals surface area contributed by atoms with Crippen molar-refractivity contribution in [3.63, 3.8) is 0 Å². The summed E-state index contributed by atoms with van der Waals surface area (Å²) >= 11 is 0. The lowest BCUT2D eigenvalue weighted by atomic mass is 9.61. The molecule has 0 radical (unpaired) electrons. The van der Waals surface area contributed by atoms with Crippen molar-refractivity contribution < 1.29 is 29.0 Å². The maximum Gasteiger partial charge on any atom is 0.235 e. The Morgan fingerprint density at radius 3 is 2.03 bits per heavy atom. The number of aromatic nitrogens is 2. The van der Waals surface area contributed by atoms with Crippen LogP contribution in [0.15, 0.2) is 54.7 Å². The van der Waals surface area contributed by atoms with E-state index in [4.69, 9.17) is 9.47 Å². The number of methoxy groups -OCH3 is 2. The number of ketones is 1. The molecular weight excluding hydrogens is 488 g/mol. The van der Waals surface area contributed by atoms with Crippen LogP contribution in [0.2, 0.25) is 0 Å². The van der Waals surface area contributed by atoms with Gasteiger partial charge < -0.3 is 25.2 Å². The van der Waals surface area contributed by atoms with Gasteiger partial charge in [0, 0.05) is 25.1 Å². The van der Waals surface area contributed by atoms with Crippen LogP contribution in [0.3, 0.4) is 0 Å². The maximum absolute atomic E-state index is 13.9. The summed E-state index contributed by atoms with van der Waals surface area (Å²) in [6, 6.07) is 13.7. The van der Waals surface area contributed by atoms with Gasteiger partial charge in [0.05, 0.1) is 43.3 Å². The molecular formula is C28H32N4O6. The Kier molecular flexibility index (Phi) is 7.54. The van der Waals surface area contributed by atoms with Crippen LogP contribution in [-0.4, -0.2) is 52.3 Å². The van der Waals surface area contributed by atoms with Gasteiger partial charge in [0.15, 0.2) is 0 Å². The molecule has 1 aliphatic rings. The number of amides is 2. The second-order valence-corrected chi connectivity index (χ2v) is 9.67. The van der Waals surface area contributed by atoms with Crippen molar-refractivity contribution in [2.24, 2.45) is 18.9 Å². The summed E-state index contributed by atoms with van der Waals surface area (Å²) in [5, 5.41) is 21.4. The monoisotopic (exact) mass is 520 g/mol. The molecule has 3 aromatic rings. The zero-order valence-corrected chi connectivity index (χ0v) is 22.0. The molecule has 1 fully saturated rings. The molecule has 38 heavy (non-hydrogen) atoms. The van der Waals surface area contributed by atoms with Gasteiger partial charge in [0.25, 0.3) is 0 Å². The van der Waals surface area contributed by atoms with Crippen LogP contribution in [0.25, 0.3) is 0 Å². The summed E-state index contributed by atoms with van der Waals surface area (Å²) in [7, 11) is 4.70. The molecule has 2 aromatic carbocycles. The summed E-state index contributed by atoms with van der Waals surface area (Å²) in [6.07, 6.45) is 1.16. The lowest BCUT2D eigenvalue weighted by Gasteiger charge is -2.44. The van der Waals surface area contributed by atoms with Gasteiger partial charge in [0.2, 0.25) is 11.8 Å². The van der Waals surface area contributed by atoms with Crippen LogP contribution in [0.5, 0.6) is 11.5 Å². The highest BCUT2D eigenvalue weighted by molar-refractivity contribution is 6.11. The molecule has 0 unspecified atom stereocenters. The lowest BCUT2D eigenvalue weighted by molar-refractivity contribution is -0.150. The molecule has 0 saturated heterocycles. The van der Waals surface area contributed by atoms with Gasteiger partial charge >= 0.3 is 0 Å². The maximum atomic E-state index is 13.9. The fourth-order valence-electron chi connectivity index (χ4n) is 5.23. The number of ether oxygens (including phenoxy) is 2. The van der Waals surface area contributed by atoms with Crippen molar-refractivity contribution in [3.8, 4) is 11.5 Å². The molecule has 10 nitrogen and oxygen atoms in total. The van der Waals surface area contributed by atoms with Gasteiger partial charge in [-0.1, -0.05) is 24.3 Å². The average Bonchev–Trinajstić information content (AvgIpc) is 3.21. The lowest BCUT2D eigenvalue weighted by Crippen LogP contribution is -2.56. The highest BCUT2D eigenvalue weighted by Crippen LogP contribution is 2.47. The summed E-state index contributed by atoms with van der Waals surface area (Å²) < 4.78 is 12.3. The van der Waals surface area contributed by atoms with Crippen molar-refractivity contribution in [1.29, 1.82) is 0 Å². The van der Waals surface area contributed by atoms with Gasteiger partial charge in [-0.15, -0.1) is 0 Å².